The average molecular weight is 340 g/mol. The monoisotopic (exact) mass is 340 g/mol. The number of nitrogens with zero attached hydrogens (tertiary/aromatic N) is 3. The summed E-state index contributed by atoms with van der Waals surface area (Å²) >= 11 is 0. The number of nitriles is 1. The second kappa shape index (κ2) is 5.90. The van der Waals surface area contributed by atoms with Crippen molar-refractivity contribution < 1.29 is 5.11 Å². The SMILES string of the molecule is CC(C)c1ccc(C2(O)CN(c3[nH]c(=O)n(C)c(=O)c3C#N)C2)cc1. The fourth-order valence-corrected chi connectivity index (χ4v) is 3.05. The minimum Gasteiger partial charge on any atom is -0.381 e. The van der Waals surface area contributed by atoms with Gasteiger partial charge in [0.25, 0.3) is 5.56 Å². The Morgan fingerprint density at radius 3 is 2.36 bits per heavy atom. The van der Waals surface area contributed by atoms with Crippen LogP contribution in [0.3, 0.4) is 0 Å². The molecule has 0 radical (unpaired) electrons. The Labute approximate surface area is 144 Å². The summed E-state index contributed by atoms with van der Waals surface area (Å²) in [6.07, 6.45) is 0. The van der Waals surface area contributed by atoms with Crippen molar-refractivity contribution in [1.29, 1.82) is 5.26 Å². The molecule has 0 amide bonds. The van der Waals surface area contributed by atoms with Crippen molar-refractivity contribution in [2.75, 3.05) is 18.0 Å². The van der Waals surface area contributed by atoms with E-state index in [1.54, 1.807) is 4.90 Å². The van der Waals surface area contributed by atoms with Crippen LogP contribution in [0.15, 0.2) is 33.9 Å². The maximum absolute atomic E-state index is 12.0. The maximum Gasteiger partial charge on any atom is 0.329 e. The summed E-state index contributed by atoms with van der Waals surface area (Å²) in [7, 11) is 1.31. The third-order valence-electron chi connectivity index (χ3n) is 4.73. The summed E-state index contributed by atoms with van der Waals surface area (Å²) in [4.78, 5) is 28.1. The van der Waals surface area contributed by atoms with Crippen molar-refractivity contribution in [3.8, 4) is 6.07 Å². The van der Waals surface area contributed by atoms with Gasteiger partial charge in [0, 0.05) is 7.05 Å². The first-order chi connectivity index (χ1) is 11.8. The number of H-pyrrole nitrogens is 1. The van der Waals surface area contributed by atoms with E-state index in [0.29, 0.717) is 5.92 Å². The maximum atomic E-state index is 12.0. The van der Waals surface area contributed by atoms with Crippen LogP contribution < -0.4 is 16.1 Å². The fourth-order valence-electron chi connectivity index (χ4n) is 3.05. The minimum absolute atomic E-state index is 0.126. The van der Waals surface area contributed by atoms with Gasteiger partial charge in [-0.25, -0.2) is 4.79 Å². The van der Waals surface area contributed by atoms with E-state index in [-0.39, 0.29) is 24.5 Å². The number of aromatic nitrogens is 2. The number of aromatic amines is 1. The highest BCUT2D eigenvalue weighted by Crippen LogP contribution is 2.35. The lowest BCUT2D eigenvalue weighted by Crippen LogP contribution is -2.60. The predicted molar refractivity (Wildman–Crippen MR) is 93.7 cm³/mol. The number of aliphatic hydroxyl groups is 1. The third-order valence-corrected chi connectivity index (χ3v) is 4.73. The van der Waals surface area contributed by atoms with E-state index in [1.165, 1.54) is 12.6 Å². The molecular weight excluding hydrogens is 320 g/mol. The van der Waals surface area contributed by atoms with Crippen molar-refractivity contribution >= 4 is 5.82 Å². The average Bonchev–Trinajstić information content (AvgIpc) is 2.56. The highest BCUT2D eigenvalue weighted by atomic mass is 16.3. The molecule has 7 heteroatoms. The Morgan fingerprint density at radius 2 is 1.84 bits per heavy atom. The second-order valence-corrected chi connectivity index (χ2v) is 6.79. The molecule has 0 saturated carbocycles. The first-order valence-corrected chi connectivity index (χ1v) is 8.08. The van der Waals surface area contributed by atoms with Gasteiger partial charge in [-0.1, -0.05) is 38.1 Å². The standard InChI is InChI=1S/C18H20N4O3/c1-11(2)12-4-6-13(7-5-12)18(25)9-22(10-18)15-14(8-19)16(23)21(3)17(24)20-15/h4-7,11,25H,9-10H2,1-3H3,(H,20,24). The van der Waals surface area contributed by atoms with Gasteiger partial charge < -0.3 is 10.0 Å². The van der Waals surface area contributed by atoms with Crippen LogP contribution in [0.4, 0.5) is 5.82 Å². The Kier molecular flexibility index (Phi) is 4.01. The largest absolute Gasteiger partial charge is 0.381 e. The van der Waals surface area contributed by atoms with Crippen LogP contribution >= 0.6 is 0 Å². The van der Waals surface area contributed by atoms with Crippen LogP contribution in [0.2, 0.25) is 0 Å². The Hall–Kier alpha value is -2.85. The van der Waals surface area contributed by atoms with E-state index in [1.807, 2.05) is 30.3 Å². The van der Waals surface area contributed by atoms with Crippen LogP contribution in [0, 0.1) is 11.3 Å². The van der Waals surface area contributed by atoms with E-state index in [2.05, 4.69) is 18.8 Å². The zero-order chi connectivity index (χ0) is 18.4. The molecule has 1 aromatic heterocycles. The Morgan fingerprint density at radius 1 is 1.24 bits per heavy atom. The van der Waals surface area contributed by atoms with Gasteiger partial charge in [-0.3, -0.25) is 14.3 Å². The number of rotatable bonds is 3. The lowest BCUT2D eigenvalue weighted by atomic mass is 9.85. The molecule has 0 aliphatic carbocycles. The van der Waals surface area contributed by atoms with Gasteiger partial charge in [0.1, 0.15) is 17.5 Å². The van der Waals surface area contributed by atoms with Gasteiger partial charge in [-0.2, -0.15) is 5.26 Å². The molecule has 2 aromatic rings. The van der Waals surface area contributed by atoms with E-state index in [4.69, 9.17) is 0 Å². The molecule has 130 valence electrons. The molecule has 1 saturated heterocycles. The molecule has 0 atom stereocenters. The topological polar surface area (TPSA) is 102 Å². The number of anilines is 1. The van der Waals surface area contributed by atoms with E-state index in [9.17, 15) is 20.0 Å². The molecule has 1 aromatic carbocycles. The lowest BCUT2D eigenvalue weighted by molar-refractivity contribution is 0.00694. The molecule has 0 unspecified atom stereocenters. The zero-order valence-electron chi connectivity index (χ0n) is 14.4. The van der Waals surface area contributed by atoms with Crippen LogP contribution in [-0.4, -0.2) is 27.7 Å². The van der Waals surface area contributed by atoms with E-state index >= 15 is 0 Å². The van der Waals surface area contributed by atoms with Gasteiger partial charge in [0.05, 0.1) is 13.1 Å². The zero-order valence-corrected chi connectivity index (χ0v) is 14.4. The molecule has 0 bridgehead atoms. The molecule has 2 heterocycles. The van der Waals surface area contributed by atoms with Gasteiger partial charge in [0.15, 0.2) is 5.56 Å². The molecule has 3 rings (SSSR count). The summed E-state index contributed by atoms with van der Waals surface area (Å²) in [5.41, 5.74) is -0.461. The van der Waals surface area contributed by atoms with E-state index < -0.39 is 16.9 Å². The smallest absolute Gasteiger partial charge is 0.329 e. The molecule has 25 heavy (non-hydrogen) atoms. The van der Waals surface area contributed by atoms with Crippen molar-refractivity contribution in [3.05, 3.63) is 61.8 Å². The third kappa shape index (κ3) is 2.75. The normalized spacial score (nSPS) is 15.8. The highest BCUT2D eigenvalue weighted by Gasteiger charge is 2.44. The predicted octanol–water partition coefficient (Wildman–Crippen LogP) is 0.776. The van der Waals surface area contributed by atoms with Crippen LogP contribution in [0.1, 0.15) is 36.5 Å². The number of β-amino-alcohol motifs (C(OH)–C–C–N with tert-alkyl or cyclic N) is 1. The van der Waals surface area contributed by atoms with Crippen LogP contribution in [0.5, 0.6) is 0 Å². The first kappa shape index (κ1) is 17.0. The Balaban J connectivity index is 1.88. The van der Waals surface area contributed by atoms with Gasteiger partial charge >= 0.3 is 5.69 Å². The van der Waals surface area contributed by atoms with Crippen molar-refractivity contribution in [2.24, 2.45) is 7.05 Å². The minimum atomic E-state index is -1.07. The molecule has 2 N–H and O–H groups in total. The summed E-state index contributed by atoms with van der Waals surface area (Å²) < 4.78 is 0.860. The van der Waals surface area contributed by atoms with Gasteiger partial charge in [0.2, 0.25) is 0 Å². The molecule has 1 aliphatic rings. The highest BCUT2D eigenvalue weighted by molar-refractivity contribution is 5.56. The molecule has 1 fully saturated rings. The number of hydrogen-bond acceptors (Lipinski definition) is 5. The second-order valence-electron chi connectivity index (χ2n) is 6.79. The molecule has 1 aliphatic heterocycles. The molecule has 0 spiro atoms. The summed E-state index contributed by atoms with van der Waals surface area (Å²) in [5.74, 6) is 0.574. The number of hydrogen-bond donors (Lipinski definition) is 2. The lowest BCUT2D eigenvalue weighted by Gasteiger charge is -2.47. The van der Waals surface area contributed by atoms with Crippen molar-refractivity contribution in [1.82, 2.24) is 9.55 Å². The quantitative estimate of drug-likeness (QED) is 0.859. The first-order valence-electron chi connectivity index (χ1n) is 8.08. The molecular formula is C18H20N4O3. The van der Waals surface area contributed by atoms with Crippen LogP contribution in [-0.2, 0) is 12.6 Å². The van der Waals surface area contributed by atoms with E-state index in [0.717, 1.165) is 10.1 Å². The van der Waals surface area contributed by atoms with Gasteiger partial charge in [-0.15, -0.1) is 0 Å². The van der Waals surface area contributed by atoms with Crippen LogP contribution in [0.25, 0.3) is 0 Å². The molecule has 7 nitrogen and oxygen atoms in total. The summed E-state index contributed by atoms with van der Waals surface area (Å²) in [6, 6.07) is 9.60. The number of benzene rings is 1. The van der Waals surface area contributed by atoms with Crippen molar-refractivity contribution in [3.63, 3.8) is 0 Å². The Bertz CT molecular complexity index is 958. The summed E-state index contributed by atoms with van der Waals surface area (Å²) in [6.45, 7) is 4.60. The summed E-state index contributed by atoms with van der Waals surface area (Å²) in [5, 5.41) is 20.0. The van der Waals surface area contributed by atoms with Crippen molar-refractivity contribution in [2.45, 2.75) is 25.4 Å². The van der Waals surface area contributed by atoms with Gasteiger partial charge in [-0.05, 0) is 17.0 Å². The number of nitrogens with one attached hydrogen (secondary N) is 1. The fraction of sp³-hybridized carbons (Fsp3) is 0.389.